The summed E-state index contributed by atoms with van der Waals surface area (Å²) in [6.45, 7) is 0.731. The number of imide groups is 2. The average Bonchev–Trinajstić information content (AvgIpc) is 3.70. The molecule has 4 amide bonds. The lowest BCUT2D eigenvalue weighted by atomic mass is 9.80. The molecule has 2 saturated carbocycles. The SMILES string of the molecule is O=C1CCC(N2C(=O)c3ccc(NCC4CC(n5cc(-c6nccc7ncccc67)c(C6CC6)n5)C4)cc3C2=O)C(=O)N1. The van der Waals surface area contributed by atoms with Crippen LogP contribution in [-0.4, -0.2) is 60.9 Å². The van der Waals surface area contributed by atoms with Crippen LogP contribution < -0.4 is 10.6 Å². The van der Waals surface area contributed by atoms with Gasteiger partial charge in [0.15, 0.2) is 0 Å². The van der Waals surface area contributed by atoms with E-state index in [1.165, 1.54) is 0 Å². The fraction of sp³-hybridized carbons (Fsp3) is 0.344. The second-order valence-corrected chi connectivity index (χ2v) is 12.0. The Bertz CT molecular complexity index is 1830. The second kappa shape index (κ2) is 9.82. The molecule has 1 atom stereocenters. The van der Waals surface area contributed by atoms with Crippen molar-refractivity contribution in [2.75, 3.05) is 11.9 Å². The van der Waals surface area contributed by atoms with Crippen LogP contribution in [0, 0.1) is 5.92 Å². The van der Waals surface area contributed by atoms with Crippen LogP contribution in [-0.2, 0) is 9.59 Å². The maximum Gasteiger partial charge on any atom is 0.262 e. The van der Waals surface area contributed by atoms with Gasteiger partial charge in [-0.25, -0.2) is 0 Å². The van der Waals surface area contributed by atoms with E-state index in [0.29, 0.717) is 17.9 Å². The Hall–Kier alpha value is -4.93. The number of piperidine rings is 1. The molecule has 11 nitrogen and oxygen atoms in total. The van der Waals surface area contributed by atoms with Gasteiger partial charge < -0.3 is 5.32 Å². The highest BCUT2D eigenvalue weighted by atomic mass is 16.2. The summed E-state index contributed by atoms with van der Waals surface area (Å²) in [7, 11) is 0. The van der Waals surface area contributed by atoms with Crippen molar-refractivity contribution in [2.45, 2.75) is 56.5 Å². The summed E-state index contributed by atoms with van der Waals surface area (Å²) in [4.78, 5) is 60.2. The number of nitrogens with one attached hydrogen (secondary N) is 2. The quantitative estimate of drug-likeness (QED) is 0.317. The maximum absolute atomic E-state index is 13.1. The van der Waals surface area contributed by atoms with E-state index >= 15 is 0 Å². The number of benzene rings is 1. The average molecular weight is 576 g/mol. The molecule has 2 aliphatic heterocycles. The third-order valence-corrected chi connectivity index (χ3v) is 9.13. The van der Waals surface area contributed by atoms with Crippen LogP contribution in [0.25, 0.3) is 22.2 Å². The lowest BCUT2D eigenvalue weighted by Crippen LogP contribution is -2.54. The van der Waals surface area contributed by atoms with Gasteiger partial charge in [-0.2, -0.15) is 5.10 Å². The molecule has 1 unspecified atom stereocenters. The number of pyridine rings is 2. The Morgan fingerprint density at radius 1 is 0.907 bits per heavy atom. The fourth-order valence-corrected chi connectivity index (χ4v) is 6.58. The third-order valence-electron chi connectivity index (χ3n) is 9.13. The molecule has 4 aliphatic rings. The molecule has 216 valence electrons. The summed E-state index contributed by atoms with van der Waals surface area (Å²) >= 11 is 0. The smallest absolute Gasteiger partial charge is 0.262 e. The Morgan fingerprint density at radius 2 is 1.74 bits per heavy atom. The number of amides is 4. The highest BCUT2D eigenvalue weighted by molar-refractivity contribution is 6.23. The largest absolute Gasteiger partial charge is 0.385 e. The second-order valence-electron chi connectivity index (χ2n) is 12.0. The van der Waals surface area contributed by atoms with E-state index in [-0.39, 0.29) is 24.0 Å². The molecule has 5 heterocycles. The van der Waals surface area contributed by atoms with E-state index in [9.17, 15) is 19.2 Å². The molecule has 1 aromatic carbocycles. The van der Waals surface area contributed by atoms with Crippen LogP contribution in [0.2, 0.25) is 0 Å². The molecular weight excluding hydrogens is 546 g/mol. The first kappa shape index (κ1) is 25.8. The van der Waals surface area contributed by atoms with Crippen LogP contribution in [0.1, 0.15) is 76.9 Å². The lowest BCUT2D eigenvalue weighted by Gasteiger charge is -2.35. The number of aromatic nitrogens is 4. The molecule has 11 heteroatoms. The van der Waals surface area contributed by atoms with Gasteiger partial charge in [0.05, 0.1) is 34.1 Å². The zero-order valence-corrected chi connectivity index (χ0v) is 23.3. The van der Waals surface area contributed by atoms with E-state index in [1.807, 2.05) is 18.3 Å². The molecule has 3 aromatic heterocycles. The first-order valence-electron chi connectivity index (χ1n) is 14.8. The normalized spacial score (nSPS) is 23.3. The van der Waals surface area contributed by atoms with Gasteiger partial charge in [-0.15, -0.1) is 0 Å². The molecular formula is C32H29N7O4. The van der Waals surface area contributed by atoms with Crippen LogP contribution in [0.15, 0.2) is 55.0 Å². The number of rotatable bonds is 7. The van der Waals surface area contributed by atoms with Gasteiger partial charge in [0, 0.05) is 54.1 Å². The standard InChI is InChI=1S/C32H29N7O4/c40-27-8-7-26(30(41)36-27)39-31(42)21-6-5-19(14-23(21)32(39)43)35-15-17-12-20(13-17)38-16-24(28(37-38)18-3-4-18)29-22-2-1-10-33-25(22)9-11-34-29/h1-2,5-6,9-11,14,16-18,20,26,35H,3-4,7-8,12-13,15H2,(H,36,40,41). The number of fused-ring (bicyclic) bond motifs is 2. The Labute approximate surface area is 246 Å². The first-order valence-corrected chi connectivity index (χ1v) is 14.8. The molecule has 0 bridgehead atoms. The number of carbonyl (C=O) groups excluding carboxylic acids is 4. The van der Waals surface area contributed by atoms with Gasteiger partial charge in [-0.3, -0.25) is 44.0 Å². The molecule has 43 heavy (non-hydrogen) atoms. The maximum atomic E-state index is 13.1. The number of anilines is 1. The van der Waals surface area contributed by atoms with Crippen LogP contribution in [0.5, 0.6) is 0 Å². The number of nitrogens with zero attached hydrogens (tertiary/aromatic N) is 5. The molecule has 3 fully saturated rings. The van der Waals surface area contributed by atoms with Crippen LogP contribution in [0.4, 0.5) is 5.69 Å². The number of hydrogen-bond donors (Lipinski definition) is 2. The monoisotopic (exact) mass is 575 g/mol. The zero-order valence-electron chi connectivity index (χ0n) is 23.3. The Morgan fingerprint density at radius 3 is 2.56 bits per heavy atom. The van der Waals surface area contributed by atoms with Crippen molar-refractivity contribution in [2.24, 2.45) is 5.92 Å². The van der Waals surface area contributed by atoms with Gasteiger partial charge >= 0.3 is 0 Å². The molecule has 4 aromatic rings. The van der Waals surface area contributed by atoms with Crippen LogP contribution >= 0.6 is 0 Å². The Balaban J connectivity index is 0.935. The van der Waals surface area contributed by atoms with Crippen molar-refractivity contribution in [3.8, 4) is 11.3 Å². The minimum Gasteiger partial charge on any atom is -0.385 e. The van der Waals surface area contributed by atoms with Gasteiger partial charge in [0.25, 0.3) is 11.8 Å². The van der Waals surface area contributed by atoms with Gasteiger partial charge in [0.1, 0.15) is 6.04 Å². The van der Waals surface area contributed by atoms with E-state index in [2.05, 4.69) is 32.6 Å². The molecule has 2 N–H and O–H groups in total. The predicted molar refractivity (Wildman–Crippen MR) is 156 cm³/mol. The minimum absolute atomic E-state index is 0.0955. The highest BCUT2D eigenvalue weighted by Gasteiger charge is 2.44. The lowest BCUT2D eigenvalue weighted by molar-refractivity contribution is -0.136. The van der Waals surface area contributed by atoms with Crippen molar-refractivity contribution in [3.63, 3.8) is 0 Å². The van der Waals surface area contributed by atoms with E-state index in [0.717, 1.165) is 70.7 Å². The van der Waals surface area contributed by atoms with E-state index in [4.69, 9.17) is 10.1 Å². The fourth-order valence-electron chi connectivity index (χ4n) is 6.58. The summed E-state index contributed by atoms with van der Waals surface area (Å²) < 4.78 is 2.12. The van der Waals surface area contributed by atoms with Crippen molar-refractivity contribution in [1.29, 1.82) is 0 Å². The third kappa shape index (κ3) is 4.38. The van der Waals surface area contributed by atoms with E-state index in [1.54, 1.807) is 24.4 Å². The van der Waals surface area contributed by atoms with Gasteiger partial charge in [0.2, 0.25) is 11.8 Å². The number of hydrogen-bond acceptors (Lipinski definition) is 8. The summed E-state index contributed by atoms with van der Waals surface area (Å²) in [6, 6.07) is 10.4. The number of carbonyl (C=O) groups is 4. The van der Waals surface area contributed by atoms with E-state index < -0.39 is 29.7 Å². The van der Waals surface area contributed by atoms with Gasteiger partial charge in [-0.1, -0.05) is 0 Å². The minimum atomic E-state index is -0.968. The summed E-state index contributed by atoms with van der Waals surface area (Å²) in [5.74, 6) is -1.07. The van der Waals surface area contributed by atoms with Gasteiger partial charge in [-0.05, 0) is 74.4 Å². The molecule has 8 rings (SSSR count). The molecule has 0 spiro atoms. The Kier molecular flexibility index (Phi) is 5.88. The summed E-state index contributed by atoms with van der Waals surface area (Å²) in [5, 5.41) is 11.8. The van der Waals surface area contributed by atoms with Crippen LogP contribution in [0.3, 0.4) is 0 Å². The molecule has 2 aliphatic carbocycles. The van der Waals surface area contributed by atoms with Crippen molar-refractivity contribution in [1.82, 2.24) is 30.0 Å². The van der Waals surface area contributed by atoms with Crippen molar-refractivity contribution >= 4 is 40.2 Å². The zero-order chi connectivity index (χ0) is 29.2. The first-order chi connectivity index (χ1) is 20.9. The molecule has 0 radical (unpaired) electrons. The molecule has 1 saturated heterocycles. The summed E-state index contributed by atoms with van der Waals surface area (Å²) in [6.07, 6.45) is 10.3. The highest BCUT2D eigenvalue weighted by Crippen LogP contribution is 2.46. The van der Waals surface area contributed by atoms with Crippen molar-refractivity contribution < 1.29 is 19.2 Å². The summed E-state index contributed by atoms with van der Waals surface area (Å²) in [5.41, 5.74) is 5.42. The predicted octanol–water partition coefficient (Wildman–Crippen LogP) is 3.84. The topological polar surface area (TPSA) is 139 Å². The van der Waals surface area contributed by atoms with Crippen molar-refractivity contribution in [3.05, 3.63) is 71.8 Å².